The maximum Gasteiger partial charge on any atom is 0.408 e. The predicted molar refractivity (Wildman–Crippen MR) is 144 cm³/mol. The molecule has 0 aliphatic carbocycles. The van der Waals surface area contributed by atoms with Crippen LogP contribution in [-0.2, 0) is 22.6 Å². The van der Waals surface area contributed by atoms with E-state index in [1.807, 2.05) is 67.7 Å². The first-order valence-electron chi connectivity index (χ1n) is 11.8. The van der Waals surface area contributed by atoms with E-state index in [1.165, 1.54) is 6.21 Å². The standard InChI is InChI=1S/C28H27ClN4O4/c1-2-36-26-13-12-22(29)14-21(26)17-31-33-27(34)25(15-20-16-30-24-11-7-6-10-23(20)24)32-28(35)37-18-19-8-4-3-5-9-19/h3-14,16-17,25,30H,2,15,18H2,1H3,(H,32,35)(H,33,34)/b31-17-/t25-/m0/s1. The quantitative estimate of drug-likeness (QED) is 0.198. The second-order valence-corrected chi connectivity index (χ2v) is 8.61. The smallest absolute Gasteiger partial charge is 0.408 e. The SMILES string of the molecule is CCOc1ccc(Cl)cc1/C=N\NC(=O)[C@H](Cc1c[nH]c2ccccc12)NC(=O)OCc1ccccc1. The van der Waals surface area contributed by atoms with E-state index in [4.69, 9.17) is 21.1 Å². The summed E-state index contributed by atoms with van der Waals surface area (Å²) in [5.74, 6) is 0.0843. The highest BCUT2D eigenvalue weighted by molar-refractivity contribution is 6.30. The lowest BCUT2D eigenvalue weighted by Gasteiger charge is -2.17. The number of hydrazone groups is 1. The molecule has 1 atom stereocenters. The minimum Gasteiger partial charge on any atom is -0.493 e. The number of carbonyl (C=O) groups excluding carboxylic acids is 2. The third-order valence-electron chi connectivity index (χ3n) is 5.57. The molecular formula is C28H27ClN4O4. The second kappa shape index (κ2) is 12.6. The average molecular weight is 519 g/mol. The lowest BCUT2D eigenvalue weighted by molar-refractivity contribution is -0.123. The Labute approximate surface area is 219 Å². The zero-order valence-electron chi connectivity index (χ0n) is 20.2. The molecule has 0 aliphatic rings. The van der Waals surface area contributed by atoms with Gasteiger partial charge in [-0.3, -0.25) is 4.79 Å². The maximum atomic E-state index is 13.1. The number of nitrogens with one attached hydrogen (secondary N) is 3. The van der Waals surface area contributed by atoms with Crippen LogP contribution in [0.25, 0.3) is 10.9 Å². The number of ether oxygens (including phenoxy) is 2. The molecule has 0 fully saturated rings. The molecule has 0 saturated carbocycles. The first kappa shape index (κ1) is 25.8. The molecule has 3 N–H and O–H groups in total. The van der Waals surface area contributed by atoms with Gasteiger partial charge in [0, 0.05) is 34.1 Å². The van der Waals surface area contributed by atoms with Crippen molar-refractivity contribution in [2.45, 2.75) is 26.0 Å². The summed E-state index contributed by atoms with van der Waals surface area (Å²) in [7, 11) is 0. The van der Waals surface area contributed by atoms with Gasteiger partial charge in [-0.15, -0.1) is 0 Å². The summed E-state index contributed by atoms with van der Waals surface area (Å²) >= 11 is 6.10. The van der Waals surface area contributed by atoms with Crippen molar-refractivity contribution in [3.63, 3.8) is 0 Å². The topological polar surface area (TPSA) is 105 Å². The van der Waals surface area contributed by atoms with E-state index in [9.17, 15) is 9.59 Å². The first-order valence-corrected chi connectivity index (χ1v) is 12.2. The molecule has 0 spiro atoms. The fourth-order valence-corrected chi connectivity index (χ4v) is 3.97. The molecule has 190 valence electrons. The summed E-state index contributed by atoms with van der Waals surface area (Å²) in [6.45, 7) is 2.42. The predicted octanol–water partition coefficient (Wildman–Crippen LogP) is 5.21. The van der Waals surface area contributed by atoms with E-state index in [1.54, 1.807) is 18.2 Å². The van der Waals surface area contributed by atoms with E-state index in [-0.39, 0.29) is 13.0 Å². The highest BCUT2D eigenvalue weighted by Crippen LogP contribution is 2.22. The number of hydrogen-bond acceptors (Lipinski definition) is 5. The Morgan fingerprint density at radius 2 is 1.86 bits per heavy atom. The van der Waals surface area contributed by atoms with Crippen molar-refractivity contribution in [2.24, 2.45) is 5.10 Å². The number of amides is 2. The summed E-state index contributed by atoms with van der Waals surface area (Å²) in [5, 5.41) is 8.22. The minimum absolute atomic E-state index is 0.0845. The molecule has 0 aliphatic heterocycles. The zero-order valence-corrected chi connectivity index (χ0v) is 21.0. The van der Waals surface area contributed by atoms with Gasteiger partial charge < -0.3 is 19.8 Å². The molecule has 8 nitrogen and oxygen atoms in total. The first-order chi connectivity index (χ1) is 18.0. The maximum absolute atomic E-state index is 13.1. The zero-order chi connectivity index (χ0) is 26.0. The number of H-pyrrole nitrogens is 1. The molecule has 0 bridgehead atoms. The number of aromatic nitrogens is 1. The number of fused-ring (bicyclic) bond motifs is 1. The fourth-order valence-electron chi connectivity index (χ4n) is 3.79. The number of para-hydroxylation sites is 1. The van der Waals surface area contributed by atoms with Crippen molar-refractivity contribution in [3.8, 4) is 5.75 Å². The van der Waals surface area contributed by atoms with Crippen LogP contribution in [-0.4, -0.2) is 35.8 Å². The lowest BCUT2D eigenvalue weighted by Crippen LogP contribution is -2.47. The van der Waals surface area contributed by atoms with Crippen molar-refractivity contribution in [2.75, 3.05) is 6.61 Å². The monoisotopic (exact) mass is 518 g/mol. The van der Waals surface area contributed by atoms with Crippen LogP contribution in [0.4, 0.5) is 4.79 Å². The van der Waals surface area contributed by atoms with Crippen LogP contribution in [0.5, 0.6) is 5.75 Å². The Kier molecular flexibility index (Phi) is 8.78. The molecule has 0 unspecified atom stereocenters. The Balaban J connectivity index is 1.48. The van der Waals surface area contributed by atoms with Crippen molar-refractivity contribution >= 4 is 40.7 Å². The highest BCUT2D eigenvalue weighted by atomic mass is 35.5. The number of hydrogen-bond donors (Lipinski definition) is 3. The van der Waals surface area contributed by atoms with Crippen molar-refractivity contribution in [1.82, 2.24) is 15.7 Å². The van der Waals surface area contributed by atoms with Crippen LogP contribution in [0.1, 0.15) is 23.6 Å². The summed E-state index contributed by atoms with van der Waals surface area (Å²) in [6, 6.07) is 21.2. The van der Waals surface area contributed by atoms with E-state index in [0.717, 1.165) is 22.0 Å². The van der Waals surface area contributed by atoms with Crippen LogP contribution in [0, 0.1) is 0 Å². The van der Waals surface area contributed by atoms with Crippen LogP contribution in [0.3, 0.4) is 0 Å². The van der Waals surface area contributed by atoms with Gasteiger partial charge in [-0.2, -0.15) is 5.10 Å². The number of nitrogens with zero attached hydrogens (tertiary/aromatic N) is 1. The summed E-state index contributed by atoms with van der Waals surface area (Å²) in [5.41, 5.74) is 5.77. The highest BCUT2D eigenvalue weighted by Gasteiger charge is 2.23. The van der Waals surface area contributed by atoms with Crippen molar-refractivity contribution in [1.29, 1.82) is 0 Å². The van der Waals surface area contributed by atoms with Gasteiger partial charge in [-0.05, 0) is 42.3 Å². The molecule has 4 aromatic rings. The average Bonchev–Trinajstić information content (AvgIpc) is 3.32. The Bertz CT molecular complexity index is 1390. The van der Waals surface area contributed by atoms with Gasteiger partial charge >= 0.3 is 6.09 Å². The molecule has 1 heterocycles. The fraction of sp³-hybridized carbons (Fsp3) is 0.179. The largest absolute Gasteiger partial charge is 0.493 e. The van der Waals surface area contributed by atoms with E-state index in [0.29, 0.717) is 22.9 Å². The molecule has 37 heavy (non-hydrogen) atoms. The number of alkyl carbamates (subject to hydrolysis) is 1. The third kappa shape index (κ3) is 7.11. The molecule has 1 aromatic heterocycles. The Hall–Kier alpha value is -4.30. The van der Waals surface area contributed by atoms with Crippen molar-refractivity contribution < 1.29 is 19.1 Å². The number of rotatable bonds is 10. The van der Waals surface area contributed by atoms with E-state index in [2.05, 4.69) is 20.8 Å². The number of benzene rings is 3. The minimum atomic E-state index is -0.939. The van der Waals surface area contributed by atoms with E-state index >= 15 is 0 Å². The molecule has 0 saturated heterocycles. The van der Waals surface area contributed by atoms with Crippen LogP contribution in [0.15, 0.2) is 84.1 Å². The second-order valence-electron chi connectivity index (χ2n) is 8.17. The molecule has 0 radical (unpaired) electrons. The number of carbonyl (C=O) groups is 2. The van der Waals surface area contributed by atoms with Gasteiger partial charge in [-0.1, -0.05) is 60.1 Å². The van der Waals surface area contributed by atoms with E-state index < -0.39 is 18.0 Å². The Morgan fingerprint density at radius 3 is 2.68 bits per heavy atom. The van der Waals surface area contributed by atoms with Gasteiger partial charge in [0.25, 0.3) is 5.91 Å². The van der Waals surface area contributed by atoms with Crippen LogP contribution < -0.4 is 15.5 Å². The summed E-state index contributed by atoms with van der Waals surface area (Å²) in [6.07, 6.45) is 2.80. The molecule has 9 heteroatoms. The number of aromatic amines is 1. The van der Waals surface area contributed by atoms with Gasteiger partial charge in [0.15, 0.2) is 0 Å². The summed E-state index contributed by atoms with van der Waals surface area (Å²) in [4.78, 5) is 28.9. The van der Waals surface area contributed by atoms with Crippen molar-refractivity contribution in [3.05, 3.63) is 101 Å². The van der Waals surface area contributed by atoms with Gasteiger partial charge in [0.1, 0.15) is 18.4 Å². The van der Waals surface area contributed by atoms with Gasteiger partial charge in [0.2, 0.25) is 0 Å². The van der Waals surface area contributed by atoms with Crippen LogP contribution in [0.2, 0.25) is 5.02 Å². The molecular weight excluding hydrogens is 492 g/mol. The normalized spacial score (nSPS) is 11.8. The molecule has 4 rings (SSSR count). The van der Waals surface area contributed by atoms with Gasteiger partial charge in [-0.25, -0.2) is 10.2 Å². The van der Waals surface area contributed by atoms with Crippen LogP contribution >= 0.6 is 11.6 Å². The summed E-state index contributed by atoms with van der Waals surface area (Å²) < 4.78 is 10.9. The third-order valence-corrected chi connectivity index (χ3v) is 5.81. The Morgan fingerprint density at radius 1 is 1.08 bits per heavy atom. The lowest BCUT2D eigenvalue weighted by atomic mass is 10.0. The molecule has 3 aromatic carbocycles. The molecule has 2 amide bonds. The number of halogens is 1. The van der Waals surface area contributed by atoms with Gasteiger partial charge in [0.05, 0.1) is 12.8 Å².